The van der Waals surface area contributed by atoms with Crippen LogP contribution in [0.15, 0.2) is 0 Å². The summed E-state index contributed by atoms with van der Waals surface area (Å²) in [5.74, 6) is 0.423. The van der Waals surface area contributed by atoms with Crippen LogP contribution in [0, 0.1) is 11.3 Å². The summed E-state index contributed by atoms with van der Waals surface area (Å²) in [5, 5.41) is 2.56. The van der Waals surface area contributed by atoms with Crippen molar-refractivity contribution in [1.82, 2.24) is 10.2 Å². The molecule has 0 unspecified atom stereocenters. The van der Waals surface area contributed by atoms with E-state index in [1.165, 1.54) is 6.92 Å². The van der Waals surface area contributed by atoms with Crippen molar-refractivity contribution in [2.24, 2.45) is 11.3 Å². The first kappa shape index (κ1) is 21.9. The number of carbonyl (C=O) groups is 3. The fraction of sp³-hybridized carbons (Fsp3) is 0.857. The van der Waals surface area contributed by atoms with E-state index >= 15 is 0 Å². The number of amides is 1. The lowest BCUT2D eigenvalue weighted by Crippen LogP contribution is -2.32. The molecule has 6 heteroatoms. The Hall–Kier alpha value is -1.43. The third kappa shape index (κ3) is 6.30. The van der Waals surface area contributed by atoms with Crippen molar-refractivity contribution in [3.63, 3.8) is 0 Å². The Labute approximate surface area is 163 Å². The van der Waals surface area contributed by atoms with Crippen LogP contribution in [0.3, 0.4) is 0 Å². The summed E-state index contributed by atoms with van der Waals surface area (Å²) in [5.41, 5.74) is -0.273. The first-order chi connectivity index (χ1) is 12.9. The molecule has 0 aromatic rings. The fourth-order valence-corrected chi connectivity index (χ4v) is 4.47. The van der Waals surface area contributed by atoms with E-state index in [4.69, 9.17) is 4.74 Å². The first-order valence-corrected chi connectivity index (χ1v) is 10.6. The van der Waals surface area contributed by atoms with Crippen molar-refractivity contribution in [3.05, 3.63) is 0 Å². The zero-order valence-electron chi connectivity index (χ0n) is 17.2. The minimum Gasteiger partial charge on any atom is -0.462 e. The number of nitrogens with zero attached hydrogens (tertiary/aromatic N) is 1. The number of hydrogen-bond donors (Lipinski definition) is 1. The predicted octanol–water partition coefficient (Wildman–Crippen LogP) is 2.70. The summed E-state index contributed by atoms with van der Waals surface area (Å²) in [6, 6.07) is 0. The maximum atomic E-state index is 12.5. The number of Topliss-reactive ketones (excluding diaryl/α,β-unsaturated/α-hetero) is 1. The third-order valence-corrected chi connectivity index (χ3v) is 6.42. The lowest BCUT2D eigenvalue weighted by molar-refractivity contribution is -0.150. The predicted molar refractivity (Wildman–Crippen MR) is 104 cm³/mol. The number of esters is 1. The average Bonchev–Trinajstić information content (AvgIpc) is 2.95. The van der Waals surface area contributed by atoms with Gasteiger partial charge in [0.05, 0.1) is 12.0 Å². The average molecular weight is 381 g/mol. The summed E-state index contributed by atoms with van der Waals surface area (Å²) in [6.45, 7) is 8.92. The van der Waals surface area contributed by atoms with Crippen LogP contribution in [0.4, 0.5) is 0 Å². The van der Waals surface area contributed by atoms with Crippen molar-refractivity contribution in [1.29, 1.82) is 0 Å². The molecule has 1 heterocycles. The minimum atomic E-state index is -0.273. The van der Waals surface area contributed by atoms with Gasteiger partial charge < -0.3 is 15.0 Å². The van der Waals surface area contributed by atoms with Crippen LogP contribution in [0.2, 0.25) is 0 Å². The molecule has 1 aliphatic carbocycles. The SMILES string of the molecule is CCN(CC)CC[C@H]1CC2(CCC(CCC(=O)CNC(C)=O)CC2)C(=O)O1. The van der Waals surface area contributed by atoms with Gasteiger partial charge in [-0.1, -0.05) is 13.8 Å². The number of rotatable bonds is 10. The molecule has 6 nitrogen and oxygen atoms in total. The molecule has 2 rings (SSSR count). The normalized spacial score (nSPS) is 27.8. The molecule has 0 radical (unpaired) electrons. The van der Waals surface area contributed by atoms with Gasteiger partial charge in [0, 0.05) is 26.3 Å². The maximum Gasteiger partial charge on any atom is 0.312 e. The summed E-state index contributed by atoms with van der Waals surface area (Å²) < 4.78 is 5.72. The molecule has 2 aliphatic rings. The molecule has 1 saturated heterocycles. The van der Waals surface area contributed by atoms with Gasteiger partial charge >= 0.3 is 5.97 Å². The molecule has 1 spiro atoms. The highest BCUT2D eigenvalue weighted by molar-refractivity contribution is 5.85. The largest absolute Gasteiger partial charge is 0.462 e. The van der Waals surface area contributed by atoms with Crippen LogP contribution in [0.5, 0.6) is 0 Å². The van der Waals surface area contributed by atoms with E-state index < -0.39 is 0 Å². The lowest BCUT2D eigenvalue weighted by Gasteiger charge is -2.34. The Morgan fingerprint density at radius 1 is 1.19 bits per heavy atom. The van der Waals surface area contributed by atoms with E-state index in [1.54, 1.807) is 0 Å². The molecule has 1 N–H and O–H groups in total. The van der Waals surface area contributed by atoms with Crippen molar-refractivity contribution >= 4 is 17.7 Å². The van der Waals surface area contributed by atoms with Gasteiger partial charge in [-0.25, -0.2) is 0 Å². The zero-order chi connectivity index (χ0) is 19.9. The van der Waals surface area contributed by atoms with E-state index in [1.807, 2.05) is 0 Å². The van der Waals surface area contributed by atoms with Crippen molar-refractivity contribution in [2.45, 2.75) is 78.2 Å². The Kier molecular flexibility index (Phi) is 8.27. The van der Waals surface area contributed by atoms with E-state index in [0.29, 0.717) is 12.3 Å². The fourth-order valence-electron chi connectivity index (χ4n) is 4.47. The molecule has 2 fully saturated rings. The van der Waals surface area contributed by atoms with E-state index in [0.717, 1.165) is 64.6 Å². The number of cyclic esters (lactones) is 1. The van der Waals surface area contributed by atoms with Gasteiger partial charge in [0.25, 0.3) is 0 Å². The molecule has 0 aromatic carbocycles. The summed E-state index contributed by atoms with van der Waals surface area (Å²) in [7, 11) is 0. The molecular weight excluding hydrogens is 344 g/mol. The first-order valence-electron chi connectivity index (χ1n) is 10.6. The second-order valence-corrected chi connectivity index (χ2v) is 8.26. The standard InChI is InChI=1S/C21H36N2O4/c1-4-23(5-2)13-10-19-14-21(20(26)27-19)11-8-17(9-12-21)6-7-18(25)15-22-16(3)24/h17,19H,4-15H2,1-3H3,(H,22,24)/t17?,19-,21?/m0/s1. The molecular formula is C21H36N2O4. The zero-order valence-corrected chi connectivity index (χ0v) is 17.2. The third-order valence-electron chi connectivity index (χ3n) is 6.42. The maximum absolute atomic E-state index is 12.5. The van der Waals surface area contributed by atoms with Gasteiger partial charge in [-0.2, -0.15) is 0 Å². The highest BCUT2D eigenvalue weighted by Gasteiger charge is 2.50. The number of ether oxygens (including phenoxy) is 1. The van der Waals surface area contributed by atoms with Crippen molar-refractivity contribution < 1.29 is 19.1 Å². The second kappa shape index (κ2) is 10.2. The summed E-state index contributed by atoms with van der Waals surface area (Å²) >= 11 is 0. The van der Waals surface area contributed by atoms with Gasteiger partial charge in [-0.15, -0.1) is 0 Å². The van der Waals surface area contributed by atoms with Crippen LogP contribution in [0.25, 0.3) is 0 Å². The van der Waals surface area contributed by atoms with E-state index in [2.05, 4.69) is 24.1 Å². The topological polar surface area (TPSA) is 75.7 Å². The highest BCUT2D eigenvalue weighted by Crippen LogP contribution is 2.48. The van der Waals surface area contributed by atoms with Crippen LogP contribution in [-0.2, 0) is 19.1 Å². The molecule has 1 amide bonds. The lowest BCUT2D eigenvalue weighted by atomic mass is 9.68. The molecule has 154 valence electrons. The van der Waals surface area contributed by atoms with E-state index in [9.17, 15) is 14.4 Å². The van der Waals surface area contributed by atoms with Crippen molar-refractivity contribution in [3.8, 4) is 0 Å². The number of hydrogen-bond acceptors (Lipinski definition) is 5. The molecule has 0 bridgehead atoms. The molecule has 27 heavy (non-hydrogen) atoms. The Morgan fingerprint density at radius 2 is 1.85 bits per heavy atom. The molecule has 1 saturated carbocycles. The van der Waals surface area contributed by atoms with Gasteiger partial charge in [0.2, 0.25) is 5.91 Å². The van der Waals surface area contributed by atoms with Gasteiger partial charge in [0.1, 0.15) is 6.10 Å². The van der Waals surface area contributed by atoms with Gasteiger partial charge in [-0.05, 0) is 57.5 Å². The molecule has 1 aliphatic heterocycles. The molecule has 1 atom stereocenters. The Balaban J connectivity index is 1.73. The summed E-state index contributed by atoms with van der Waals surface area (Å²) in [6.07, 6.45) is 6.97. The number of carbonyl (C=O) groups excluding carboxylic acids is 3. The quantitative estimate of drug-likeness (QED) is 0.590. The number of nitrogens with one attached hydrogen (secondary N) is 1. The highest BCUT2D eigenvalue weighted by atomic mass is 16.6. The van der Waals surface area contributed by atoms with Crippen molar-refractivity contribution in [2.75, 3.05) is 26.2 Å². The Bertz CT molecular complexity index is 522. The van der Waals surface area contributed by atoms with Crippen LogP contribution in [-0.4, -0.2) is 54.8 Å². The van der Waals surface area contributed by atoms with Gasteiger partial charge in [0.15, 0.2) is 5.78 Å². The molecule has 0 aromatic heterocycles. The monoisotopic (exact) mass is 380 g/mol. The minimum absolute atomic E-state index is 0.00670. The van der Waals surface area contributed by atoms with Crippen LogP contribution >= 0.6 is 0 Å². The van der Waals surface area contributed by atoms with E-state index in [-0.39, 0.29) is 35.7 Å². The number of ketones is 1. The smallest absolute Gasteiger partial charge is 0.312 e. The summed E-state index contributed by atoms with van der Waals surface area (Å²) in [4.78, 5) is 37.6. The Morgan fingerprint density at radius 3 is 2.44 bits per heavy atom. The van der Waals surface area contributed by atoms with Crippen LogP contribution < -0.4 is 5.32 Å². The van der Waals surface area contributed by atoms with Gasteiger partial charge in [-0.3, -0.25) is 14.4 Å². The second-order valence-electron chi connectivity index (χ2n) is 8.26. The van der Waals surface area contributed by atoms with Crippen LogP contribution in [0.1, 0.15) is 72.1 Å².